The number of fused-ring (bicyclic) bond motifs is 1. The molecule has 1 aromatic carbocycles. The van der Waals surface area contributed by atoms with Gasteiger partial charge in [-0.15, -0.1) is 6.58 Å². The third-order valence-electron chi connectivity index (χ3n) is 6.81. The molecule has 1 aliphatic heterocycles. The summed E-state index contributed by atoms with van der Waals surface area (Å²) in [6.07, 6.45) is 3.89. The maximum Gasteiger partial charge on any atom is 0.256 e. The fourth-order valence-corrected chi connectivity index (χ4v) is 4.68. The molecular weight excluding hydrogens is 496 g/mol. The smallest absolute Gasteiger partial charge is 0.256 e. The molecule has 7 N–H and O–H groups in total. The number of aromatic nitrogens is 3. The highest BCUT2D eigenvalue weighted by Crippen LogP contribution is 2.31. The van der Waals surface area contributed by atoms with Crippen LogP contribution in [0.5, 0.6) is 0 Å². The van der Waals surface area contributed by atoms with E-state index < -0.39 is 6.10 Å². The van der Waals surface area contributed by atoms with E-state index in [1.54, 1.807) is 6.08 Å². The molecule has 0 saturated carbocycles. The van der Waals surface area contributed by atoms with Crippen LogP contribution >= 0.6 is 0 Å². The van der Waals surface area contributed by atoms with Crippen LogP contribution < -0.4 is 26.6 Å². The van der Waals surface area contributed by atoms with Crippen molar-refractivity contribution in [2.24, 2.45) is 5.73 Å². The lowest BCUT2D eigenvalue weighted by atomic mass is 10.2. The minimum Gasteiger partial charge on any atom is -0.387 e. The number of benzene rings is 1. The standard InChI is InChI=1S/C27H32N10O2/c1-2-11-30-25(39)20-16-31-27(35-24(20)34-22-10-4-17-3-9-21(38)23(17)33-22)32-18-5-7-19(8-6-18)36-12-14-37(15-13-36)26(28)29/h2,4-8,10,16,21,38H,1,3,9,11-15H2,(H3,28,29)(H,30,39)(H2,31,32,33,34,35). The molecule has 1 saturated heterocycles. The number of nitrogens with zero attached hydrogens (tertiary/aromatic N) is 5. The lowest BCUT2D eigenvalue weighted by molar-refractivity contribution is 0.0958. The van der Waals surface area contributed by atoms with Crippen LogP contribution in [-0.2, 0) is 6.42 Å². The van der Waals surface area contributed by atoms with Crippen molar-refractivity contribution in [3.05, 3.63) is 72.1 Å². The predicted molar refractivity (Wildman–Crippen MR) is 151 cm³/mol. The number of nitrogens with one attached hydrogen (secondary N) is 4. The number of aryl methyl sites for hydroxylation is 1. The number of carbonyl (C=O) groups is 1. The van der Waals surface area contributed by atoms with Gasteiger partial charge in [0.25, 0.3) is 5.91 Å². The molecule has 1 fully saturated rings. The second kappa shape index (κ2) is 11.4. The summed E-state index contributed by atoms with van der Waals surface area (Å²) >= 11 is 0. The van der Waals surface area contributed by atoms with E-state index in [4.69, 9.17) is 11.1 Å². The van der Waals surface area contributed by atoms with Gasteiger partial charge >= 0.3 is 0 Å². The average molecular weight is 529 g/mol. The number of carbonyl (C=O) groups excluding carboxylic acids is 1. The van der Waals surface area contributed by atoms with E-state index in [1.165, 1.54) is 6.20 Å². The number of hydrogen-bond donors (Lipinski definition) is 6. The van der Waals surface area contributed by atoms with Crippen LogP contribution in [-0.4, -0.2) is 69.5 Å². The number of amides is 1. The van der Waals surface area contributed by atoms with Crippen LogP contribution in [0.3, 0.4) is 0 Å². The zero-order valence-corrected chi connectivity index (χ0v) is 21.5. The van der Waals surface area contributed by atoms with Crippen molar-refractivity contribution in [2.75, 3.05) is 48.3 Å². The van der Waals surface area contributed by atoms with Crippen molar-refractivity contribution in [2.45, 2.75) is 18.9 Å². The first-order valence-corrected chi connectivity index (χ1v) is 12.8. The Hall–Kier alpha value is -4.71. The second-order valence-corrected chi connectivity index (χ2v) is 9.41. The van der Waals surface area contributed by atoms with E-state index in [0.717, 1.165) is 36.4 Å². The lowest BCUT2D eigenvalue weighted by Gasteiger charge is -2.36. The molecule has 0 spiro atoms. The van der Waals surface area contributed by atoms with Gasteiger partial charge in [-0.25, -0.2) is 9.97 Å². The Morgan fingerprint density at radius 1 is 1.13 bits per heavy atom. The van der Waals surface area contributed by atoms with E-state index in [-0.39, 0.29) is 23.2 Å². The monoisotopic (exact) mass is 528 g/mol. The highest BCUT2D eigenvalue weighted by atomic mass is 16.3. The number of aliphatic hydroxyl groups excluding tert-OH is 1. The van der Waals surface area contributed by atoms with Crippen molar-refractivity contribution in [1.82, 2.24) is 25.2 Å². The Labute approximate surface area is 226 Å². The van der Waals surface area contributed by atoms with Crippen molar-refractivity contribution in [3.8, 4) is 0 Å². The maximum absolute atomic E-state index is 12.8. The molecule has 3 aromatic rings. The second-order valence-electron chi connectivity index (χ2n) is 9.41. The highest BCUT2D eigenvalue weighted by Gasteiger charge is 2.23. The van der Waals surface area contributed by atoms with Crippen LogP contribution in [0, 0.1) is 5.41 Å². The van der Waals surface area contributed by atoms with Crippen molar-refractivity contribution >= 4 is 40.8 Å². The molecule has 202 valence electrons. The summed E-state index contributed by atoms with van der Waals surface area (Å²) in [4.78, 5) is 30.4. The molecule has 2 aromatic heterocycles. The number of piperazine rings is 1. The van der Waals surface area contributed by atoms with Gasteiger partial charge < -0.3 is 36.6 Å². The quantitative estimate of drug-likeness (QED) is 0.145. The molecule has 3 heterocycles. The normalized spacial score (nSPS) is 16.4. The number of aliphatic hydroxyl groups is 1. The molecular formula is C27H32N10O2. The number of guanidine groups is 1. The van der Waals surface area contributed by atoms with Gasteiger partial charge in [0.15, 0.2) is 5.96 Å². The minimum absolute atomic E-state index is 0.108. The van der Waals surface area contributed by atoms with Gasteiger partial charge in [-0.3, -0.25) is 10.2 Å². The lowest BCUT2D eigenvalue weighted by Crippen LogP contribution is -2.50. The molecule has 1 unspecified atom stereocenters. The molecule has 2 aliphatic rings. The summed E-state index contributed by atoms with van der Waals surface area (Å²) in [5, 5.41) is 26.9. The number of pyridine rings is 1. The summed E-state index contributed by atoms with van der Waals surface area (Å²) < 4.78 is 0. The van der Waals surface area contributed by atoms with Crippen LogP contribution in [0.1, 0.15) is 34.1 Å². The SMILES string of the molecule is C=CCNC(=O)c1cnc(Nc2ccc(N3CCN(C(=N)N)CC3)cc2)nc1Nc1ccc2c(n1)C(O)CC2. The number of anilines is 5. The molecule has 1 amide bonds. The summed E-state index contributed by atoms with van der Waals surface area (Å²) in [6, 6.07) is 11.7. The molecule has 1 aliphatic carbocycles. The fraction of sp³-hybridized carbons (Fsp3) is 0.296. The van der Waals surface area contributed by atoms with Gasteiger partial charge in [0.2, 0.25) is 5.95 Å². The minimum atomic E-state index is -0.597. The zero-order chi connectivity index (χ0) is 27.4. The molecule has 12 nitrogen and oxygen atoms in total. The van der Waals surface area contributed by atoms with Crippen molar-refractivity contribution in [1.29, 1.82) is 5.41 Å². The summed E-state index contributed by atoms with van der Waals surface area (Å²) in [7, 11) is 0. The Morgan fingerprint density at radius 3 is 2.62 bits per heavy atom. The molecule has 0 bridgehead atoms. The first-order chi connectivity index (χ1) is 18.9. The van der Waals surface area contributed by atoms with E-state index in [1.807, 2.05) is 41.3 Å². The zero-order valence-electron chi connectivity index (χ0n) is 21.5. The maximum atomic E-state index is 12.8. The molecule has 0 radical (unpaired) electrons. The van der Waals surface area contributed by atoms with Gasteiger partial charge in [-0.1, -0.05) is 12.1 Å². The van der Waals surface area contributed by atoms with E-state index in [2.05, 4.69) is 42.4 Å². The molecule has 12 heteroatoms. The summed E-state index contributed by atoms with van der Waals surface area (Å²) in [6.45, 7) is 6.94. The topological polar surface area (TPSA) is 168 Å². The summed E-state index contributed by atoms with van der Waals surface area (Å²) in [5.74, 6) is 0.832. The van der Waals surface area contributed by atoms with Gasteiger partial charge in [-0.2, -0.15) is 4.98 Å². The molecule has 39 heavy (non-hydrogen) atoms. The van der Waals surface area contributed by atoms with Gasteiger partial charge in [0.05, 0.1) is 11.8 Å². The van der Waals surface area contributed by atoms with E-state index in [0.29, 0.717) is 43.5 Å². The predicted octanol–water partition coefficient (Wildman–Crippen LogP) is 2.27. The largest absolute Gasteiger partial charge is 0.387 e. The van der Waals surface area contributed by atoms with Crippen LogP contribution in [0.2, 0.25) is 0 Å². The van der Waals surface area contributed by atoms with Gasteiger partial charge in [0.1, 0.15) is 17.2 Å². The Morgan fingerprint density at radius 2 is 1.90 bits per heavy atom. The van der Waals surface area contributed by atoms with Crippen LogP contribution in [0.4, 0.5) is 29.0 Å². The number of rotatable bonds is 8. The van der Waals surface area contributed by atoms with E-state index >= 15 is 0 Å². The van der Waals surface area contributed by atoms with Gasteiger partial charge in [-0.05, 0) is 48.7 Å². The van der Waals surface area contributed by atoms with Crippen LogP contribution in [0.15, 0.2) is 55.3 Å². The third kappa shape index (κ3) is 5.91. The fourth-order valence-electron chi connectivity index (χ4n) is 4.68. The number of hydrogen-bond acceptors (Lipinski definition) is 9. The van der Waals surface area contributed by atoms with E-state index in [9.17, 15) is 9.90 Å². The van der Waals surface area contributed by atoms with Crippen molar-refractivity contribution in [3.63, 3.8) is 0 Å². The Bertz CT molecular complexity index is 1370. The first kappa shape index (κ1) is 25.9. The van der Waals surface area contributed by atoms with Crippen molar-refractivity contribution < 1.29 is 9.90 Å². The first-order valence-electron chi connectivity index (χ1n) is 12.8. The summed E-state index contributed by atoms with van der Waals surface area (Å²) in [5.41, 5.74) is 9.38. The number of nitrogens with two attached hydrogens (primary N) is 1. The van der Waals surface area contributed by atoms with Crippen LogP contribution in [0.25, 0.3) is 0 Å². The molecule has 1 atom stereocenters. The Kier molecular flexibility index (Phi) is 7.55. The highest BCUT2D eigenvalue weighted by molar-refractivity contribution is 5.99. The average Bonchev–Trinajstić information content (AvgIpc) is 3.32. The van der Waals surface area contributed by atoms with Gasteiger partial charge in [0, 0.05) is 50.3 Å². The Balaban J connectivity index is 1.33. The third-order valence-corrected chi connectivity index (χ3v) is 6.81. The molecule has 5 rings (SSSR count).